The van der Waals surface area contributed by atoms with Gasteiger partial charge in [-0.05, 0) is 104 Å². The van der Waals surface area contributed by atoms with E-state index in [0.29, 0.717) is 0 Å². The lowest BCUT2D eigenvalue weighted by Gasteiger charge is -2.35. The first-order chi connectivity index (χ1) is 27.3. The Morgan fingerprint density at radius 3 is 1.80 bits per heavy atom. The average molecular weight is 702 g/mol. The Labute approximate surface area is 320 Å². The fraction of sp³-hybridized carbons (Fsp3) is 0.0189. The second-order valence-electron chi connectivity index (χ2n) is 14.5. The molecule has 1 heterocycles. The van der Waals surface area contributed by atoms with Gasteiger partial charge in [-0.15, -0.1) is 0 Å². The van der Waals surface area contributed by atoms with Crippen molar-refractivity contribution in [2.24, 2.45) is 0 Å². The average Bonchev–Trinajstić information content (AvgIpc) is 3.77. The van der Waals surface area contributed by atoms with Gasteiger partial charge in [0.25, 0.3) is 0 Å². The number of hydrogen-bond acceptors (Lipinski definition) is 2. The van der Waals surface area contributed by atoms with Crippen LogP contribution in [0.2, 0.25) is 0 Å². The summed E-state index contributed by atoms with van der Waals surface area (Å²) in [6.07, 6.45) is 0. The van der Waals surface area contributed by atoms with Crippen molar-refractivity contribution in [3.63, 3.8) is 0 Å². The zero-order valence-electron chi connectivity index (χ0n) is 30.1. The van der Waals surface area contributed by atoms with Crippen molar-refractivity contribution in [3.05, 3.63) is 235 Å². The van der Waals surface area contributed by atoms with Crippen LogP contribution in [-0.4, -0.2) is 0 Å². The Kier molecular flexibility index (Phi) is 7.11. The fourth-order valence-corrected chi connectivity index (χ4v) is 9.07. The molecule has 0 N–H and O–H groups in total. The predicted octanol–water partition coefficient (Wildman–Crippen LogP) is 14.2. The summed E-state index contributed by atoms with van der Waals surface area (Å²) < 4.78 is 6.49. The molecule has 0 saturated heterocycles. The molecule has 0 atom stereocenters. The number of para-hydroxylation sites is 1. The van der Waals surface area contributed by atoms with Gasteiger partial charge in [-0.2, -0.15) is 0 Å². The van der Waals surface area contributed by atoms with E-state index in [4.69, 9.17) is 4.42 Å². The summed E-state index contributed by atoms with van der Waals surface area (Å²) in [5.74, 6) is 0. The molecule has 0 unspecified atom stereocenters. The Balaban J connectivity index is 1.16. The summed E-state index contributed by atoms with van der Waals surface area (Å²) in [5.41, 5.74) is 14.4. The van der Waals surface area contributed by atoms with Crippen molar-refractivity contribution in [2.45, 2.75) is 5.41 Å². The lowest BCUT2D eigenvalue weighted by atomic mass is 9.67. The maximum atomic E-state index is 6.49. The van der Waals surface area contributed by atoms with Gasteiger partial charge in [0.15, 0.2) is 0 Å². The van der Waals surface area contributed by atoms with Gasteiger partial charge in [-0.3, -0.25) is 0 Å². The second kappa shape index (κ2) is 12.5. The summed E-state index contributed by atoms with van der Waals surface area (Å²) >= 11 is 0. The Morgan fingerprint density at radius 1 is 0.345 bits per heavy atom. The van der Waals surface area contributed by atoms with Crippen LogP contribution in [0, 0.1) is 0 Å². The molecule has 10 aromatic rings. The van der Waals surface area contributed by atoms with Crippen molar-refractivity contribution in [1.82, 2.24) is 0 Å². The van der Waals surface area contributed by atoms with Gasteiger partial charge in [0.05, 0.1) is 5.41 Å². The quantitative estimate of drug-likeness (QED) is 0.172. The highest BCUT2D eigenvalue weighted by atomic mass is 16.3. The highest BCUT2D eigenvalue weighted by molar-refractivity contribution is 6.06. The van der Waals surface area contributed by atoms with Crippen molar-refractivity contribution in [3.8, 4) is 22.3 Å². The summed E-state index contributed by atoms with van der Waals surface area (Å²) in [7, 11) is 0. The minimum absolute atomic E-state index is 0.508. The molecule has 0 fully saturated rings. The van der Waals surface area contributed by atoms with Gasteiger partial charge in [0, 0.05) is 33.9 Å². The lowest BCUT2D eigenvalue weighted by molar-refractivity contribution is 0.669. The van der Waals surface area contributed by atoms with E-state index in [9.17, 15) is 0 Å². The molecule has 0 spiro atoms. The predicted molar refractivity (Wildman–Crippen MR) is 229 cm³/mol. The molecule has 258 valence electrons. The normalized spacial score (nSPS) is 12.9. The molecule has 0 amide bonds. The molecule has 55 heavy (non-hydrogen) atoms. The third-order valence-electron chi connectivity index (χ3n) is 11.5. The van der Waals surface area contributed by atoms with Crippen LogP contribution in [0.4, 0.5) is 17.1 Å². The molecule has 2 heteroatoms. The van der Waals surface area contributed by atoms with E-state index < -0.39 is 5.41 Å². The Morgan fingerprint density at radius 2 is 0.964 bits per heavy atom. The molecule has 1 aliphatic carbocycles. The minimum Gasteiger partial charge on any atom is -0.456 e. The highest BCUT2D eigenvalue weighted by Gasteiger charge is 2.46. The van der Waals surface area contributed by atoms with Crippen LogP contribution in [-0.2, 0) is 5.41 Å². The van der Waals surface area contributed by atoms with Crippen molar-refractivity contribution in [2.75, 3.05) is 4.90 Å². The van der Waals surface area contributed by atoms with Crippen molar-refractivity contribution >= 4 is 49.8 Å². The lowest BCUT2D eigenvalue weighted by Crippen LogP contribution is -2.28. The maximum absolute atomic E-state index is 6.49. The van der Waals surface area contributed by atoms with Crippen LogP contribution in [0.5, 0.6) is 0 Å². The second-order valence-corrected chi connectivity index (χ2v) is 14.5. The highest BCUT2D eigenvalue weighted by Crippen LogP contribution is 2.57. The van der Waals surface area contributed by atoms with E-state index in [2.05, 4.69) is 205 Å². The van der Waals surface area contributed by atoms with Gasteiger partial charge < -0.3 is 9.32 Å². The number of anilines is 3. The first-order valence-corrected chi connectivity index (χ1v) is 18.9. The van der Waals surface area contributed by atoms with Crippen molar-refractivity contribution < 1.29 is 4.42 Å². The van der Waals surface area contributed by atoms with Crippen LogP contribution in [0.25, 0.3) is 55.0 Å². The number of benzene rings is 9. The zero-order valence-corrected chi connectivity index (χ0v) is 30.1. The largest absolute Gasteiger partial charge is 0.456 e. The molecule has 0 saturated carbocycles. The molecule has 11 rings (SSSR count). The molecule has 2 nitrogen and oxygen atoms in total. The van der Waals surface area contributed by atoms with E-state index >= 15 is 0 Å². The third-order valence-corrected chi connectivity index (χ3v) is 11.5. The van der Waals surface area contributed by atoms with Crippen LogP contribution >= 0.6 is 0 Å². The first-order valence-electron chi connectivity index (χ1n) is 18.9. The Bertz CT molecular complexity index is 3010. The van der Waals surface area contributed by atoms with Crippen LogP contribution in [0.15, 0.2) is 217 Å². The number of furan rings is 1. The molecule has 0 bridgehead atoms. The van der Waals surface area contributed by atoms with Gasteiger partial charge >= 0.3 is 0 Å². The number of rotatable bonds is 6. The van der Waals surface area contributed by atoms with Gasteiger partial charge in [-0.25, -0.2) is 0 Å². The zero-order chi connectivity index (χ0) is 36.3. The summed E-state index contributed by atoms with van der Waals surface area (Å²) in [5, 5.41) is 4.71. The molecular weight excluding hydrogens is 667 g/mol. The van der Waals surface area contributed by atoms with Crippen LogP contribution in [0.3, 0.4) is 0 Å². The molecule has 1 aromatic heterocycles. The standard InChI is InChI=1S/C53H35NO/c1-3-17-40(18-4-1)53(41-19-5-2-6-20-41)49-24-11-9-22-45(49)46-30-28-43(34-50(46)53)54(44-29-31-48-47-23-10-12-25-51(47)55-52(48)35-44)42-21-13-16-38(33-42)39-27-26-36-14-7-8-15-37(36)32-39/h1-35H. The molecule has 0 radical (unpaired) electrons. The topological polar surface area (TPSA) is 16.4 Å². The summed E-state index contributed by atoms with van der Waals surface area (Å²) in [4.78, 5) is 2.39. The number of hydrogen-bond donors (Lipinski definition) is 0. The van der Waals surface area contributed by atoms with Crippen LogP contribution < -0.4 is 4.90 Å². The minimum atomic E-state index is -0.508. The third kappa shape index (κ3) is 4.89. The molecular formula is C53H35NO. The summed E-state index contributed by atoms with van der Waals surface area (Å²) in [6.45, 7) is 0. The van der Waals surface area contributed by atoms with Gasteiger partial charge in [0.1, 0.15) is 11.2 Å². The number of fused-ring (bicyclic) bond motifs is 7. The molecule has 9 aromatic carbocycles. The number of nitrogens with zero attached hydrogens (tertiary/aromatic N) is 1. The van der Waals surface area contributed by atoms with Crippen LogP contribution in [0.1, 0.15) is 22.3 Å². The van der Waals surface area contributed by atoms with E-state index in [-0.39, 0.29) is 0 Å². The Hall–Kier alpha value is -7.16. The first kappa shape index (κ1) is 31.4. The van der Waals surface area contributed by atoms with E-state index in [1.54, 1.807) is 0 Å². The smallest absolute Gasteiger partial charge is 0.137 e. The monoisotopic (exact) mass is 701 g/mol. The van der Waals surface area contributed by atoms with Crippen molar-refractivity contribution in [1.29, 1.82) is 0 Å². The SMILES string of the molecule is c1ccc(C2(c3ccccc3)c3ccccc3-c3ccc(N(c4cccc(-c5ccc6ccccc6c5)c4)c4ccc5c(c4)oc4ccccc45)cc32)cc1. The fourth-order valence-electron chi connectivity index (χ4n) is 9.07. The van der Waals surface area contributed by atoms with Gasteiger partial charge in [0.2, 0.25) is 0 Å². The summed E-state index contributed by atoms with van der Waals surface area (Å²) in [6, 6.07) is 77.1. The molecule has 1 aliphatic rings. The maximum Gasteiger partial charge on any atom is 0.137 e. The molecule has 0 aliphatic heterocycles. The van der Waals surface area contributed by atoms with Gasteiger partial charge in [-0.1, -0.05) is 158 Å². The van der Waals surface area contributed by atoms with E-state index in [0.717, 1.165) is 44.6 Å². The van der Waals surface area contributed by atoms with E-state index in [1.807, 2.05) is 12.1 Å². The van der Waals surface area contributed by atoms with E-state index in [1.165, 1.54) is 49.7 Å².